The Morgan fingerprint density at radius 2 is 1.73 bits per heavy atom. The monoisotopic (exact) mass is 648 g/mol. The molecule has 6 aromatic rings. The van der Waals surface area contributed by atoms with E-state index in [9.17, 15) is 9.90 Å². The van der Waals surface area contributed by atoms with Crippen LogP contribution in [0.2, 0.25) is 0 Å². The summed E-state index contributed by atoms with van der Waals surface area (Å²) in [5.74, 6) is 1.01. The molecule has 230 valence electrons. The van der Waals surface area contributed by atoms with Gasteiger partial charge in [0.1, 0.15) is 27.4 Å². The Kier molecular flexibility index (Phi) is 8.05. The first kappa shape index (κ1) is 29.9. The summed E-state index contributed by atoms with van der Waals surface area (Å²) in [5, 5.41) is 23.3. The highest BCUT2D eigenvalue weighted by molar-refractivity contribution is 7.99. The molecular formula is C33H36N4O4S3. The third kappa shape index (κ3) is 4.46. The molecule has 2 N–H and O–H groups in total. The molecule has 0 radical (unpaired) electrons. The summed E-state index contributed by atoms with van der Waals surface area (Å²) in [5.41, 5.74) is 5.67. The van der Waals surface area contributed by atoms with Crippen LogP contribution < -0.4 is 10.8 Å². The van der Waals surface area contributed by atoms with Gasteiger partial charge in [0.2, 0.25) is 0 Å². The second-order valence-corrected chi connectivity index (χ2v) is 14.5. The molecule has 0 saturated carbocycles. The molecule has 0 spiro atoms. The molecule has 44 heavy (non-hydrogen) atoms. The van der Waals surface area contributed by atoms with Crippen LogP contribution in [0.1, 0.15) is 60.7 Å². The van der Waals surface area contributed by atoms with Crippen LogP contribution in [0.4, 0.5) is 0 Å². The summed E-state index contributed by atoms with van der Waals surface area (Å²) in [4.78, 5) is 29.5. The Balaban J connectivity index is 1.48. The van der Waals surface area contributed by atoms with Crippen LogP contribution in [0.3, 0.4) is 0 Å². The summed E-state index contributed by atoms with van der Waals surface area (Å²) in [6, 6.07) is 4.08. The van der Waals surface area contributed by atoms with E-state index in [1.54, 1.807) is 27.1 Å². The molecule has 5 aromatic heterocycles. The van der Waals surface area contributed by atoms with Crippen molar-refractivity contribution in [3.63, 3.8) is 0 Å². The van der Waals surface area contributed by atoms with E-state index >= 15 is 0 Å². The lowest BCUT2D eigenvalue weighted by molar-refractivity contribution is 0.0947. The molecule has 11 heteroatoms. The Labute approximate surface area is 267 Å². The van der Waals surface area contributed by atoms with Crippen molar-refractivity contribution in [2.24, 2.45) is 0 Å². The van der Waals surface area contributed by atoms with Crippen molar-refractivity contribution in [3.8, 4) is 11.4 Å². The van der Waals surface area contributed by atoms with Gasteiger partial charge in [0.25, 0.3) is 5.56 Å². The normalized spacial score (nSPS) is 15.2. The number of thioether (sulfide) groups is 1. The van der Waals surface area contributed by atoms with E-state index in [-0.39, 0.29) is 12.2 Å². The number of hydrogen-bond acceptors (Lipinski definition) is 9. The van der Waals surface area contributed by atoms with E-state index in [4.69, 9.17) is 19.8 Å². The molecule has 2 bridgehead atoms. The quantitative estimate of drug-likeness (QED) is 0.179. The van der Waals surface area contributed by atoms with Crippen LogP contribution in [0.15, 0.2) is 21.8 Å². The minimum atomic E-state index is -0.862. The highest BCUT2D eigenvalue weighted by Gasteiger charge is 2.29. The maximum absolute atomic E-state index is 14.5. The largest absolute Gasteiger partial charge is 0.394 e. The second kappa shape index (κ2) is 11.9. The first-order valence-electron chi connectivity index (χ1n) is 15.4. The number of thiophene rings is 2. The summed E-state index contributed by atoms with van der Waals surface area (Å²) in [6.45, 7) is 11.8. The maximum atomic E-state index is 14.5. The van der Waals surface area contributed by atoms with E-state index in [1.807, 2.05) is 16.7 Å². The maximum Gasteiger partial charge on any atom is 0.271 e. The van der Waals surface area contributed by atoms with Gasteiger partial charge in [-0.25, -0.2) is 9.97 Å². The third-order valence-corrected chi connectivity index (χ3v) is 12.1. The van der Waals surface area contributed by atoms with E-state index in [0.717, 1.165) is 79.9 Å². The molecule has 6 heterocycles. The summed E-state index contributed by atoms with van der Waals surface area (Å²) in [6.07, 6.45) is 4.49. The number of hydrogen-bond donors (Lipinski definition) is 2. The molecule has 1 atom stereocenters. The first-order valence-corrected chi connectivity index (χ1v) is 18.0. The number of aliphatic hydroxyl groups excluding tert-OH is 2. The molecule has 1 aliphatic rings. The van der Waals surface area contributed by atoms with Gasteiger partial charge in [-0.15, -0.1) is 34.4 Å². The molecule has 0 aliphatic carbocycles. The number of aromatic nitrogens is 4. The number of rotatable bonds is 10. The molecule has 7 rings (SSSR count). The van der Waals surface area contributed by atoms with Gasteiger partial charge in [-0.2, -0.15) is 0 Å². The minimum absolute atomic E-state index is 0.00171. The lowest BCUT2D eigenvalue weighted by Gasteiger charge is -2.16. The van der Waals surface area contributed by atoms with Gasteiger partial charge in [-0.3, -0.25) is 13.8 Å². The predicted molar refractivity (Wildman–Crippen MR) is 183 cm³/mol. The Bertz CT molecular complexity index is 2160. The zero-order chi connectivity index (χ0) is 30.7. The molecule has 1 unspecified atom stereocenters. The van der Waals surface area contributed by atoms with E-state index in [0.29, 0.717) is 41.8 Å². The fraction of sp³-hybridized carbons (Fsp3) is 0.424. The molecule has 0 saturated heterocycles. The van der Waals surface area contributed by atoms with Crippen molar-refractivity contribution in [2.45, 2.75) is 70.4 Å². The number of ether oxygens (including phenoxy) is 1. The van der Waals surface area contributed by atoms with Gasteiger partial charge in [-0.05, 0) is 47.7 Å². The van der Waals surface area contributed by atoms with Crippen LogP contribution in [-0.2, 0) is 30.4 Å². The van der Waals surface area contributed by atoms with Crippen molar-refractivity contribution < 1.29 is 14.9 Å². The van der Waals surface area contributed by atoms with Crippen molar-refractivity contribution in [1.29, 1.82) is 0 Å². The zero-order valence-corrected chi connectivity index (χ0v) is 27.7. The van der Waals surface area contributed by atoms with Crippen molar-refractivity contribution in [1.82, 2.24) is 18.9 Å². The summed E-state index contributed by atoms with van der Waals surface area (Å²) in [7, 11) is 0. The van der Waals surface area contributed by atoms with Crippen molar-refractivity contribution in [2.75, 3.05) is 25.6 Å². The van der Waals surface area contributed by atoms with Crippen LogP contribution in [-0.4, -0.2) is 54.7 Å². The van der Waals surface area contributed by atoms with E-state index in [1.165, 1.54) is 27.1 Å². The molecule has 8 nitrogen and oxygen atoms in total. The average Bonchev–Trinajstić information content (AvgIpc) is 3.74. The molecular weight excluding hydrogens is 613 g/mol. The summed E-state index contributed by atoms with van der Waals surface area (Å²) < 4.78 is 9.35. The second-order valence-electron chi connectivity index (χ2n) is 11.3. The minimum Gasteiger partial charge on any atom is -0.394 e. The number of benzene rings is 1. The van der Waals surface area contributed by atoms with E-state index in [2.05, 4.69) is 27.4 Å². The van der Waals surface area contributed by atoms with Crippen LogP contribution in [0.5, 0.6) is 0 Å². The smallest absolute Gasteiger partial charge is 0.271 e. The van der Waals surface area contributed by atoms with E-state index < -0.39 is 6.23 Å². The first-order chi connectivity index (χ1) is 21.4. The van der Waals surface area contributed by atoms with Gasteiger partial charge < -0.3 is 14.9 Å². The SMILES string of the molecule is C=c1c2ccc3c1c(c(=O)n1c3nc3sc(CCOCCO)c(CCC)c31)SCC(O)n1c-2nc2sc(CC)c(CCC)c21. The van der Waals surface area contributed by atoms with Gasteiger partial charge in [-0.1, -0.05) is 40.2 Å². The van der Waals surface area contributed by atoms with Gasteiger partial charge >= 0.3 is 0 Å². The lowest BCUT2D eigenvalue weighted by Crippen LogP contribution is -2.19. The summed E-state index contributed by atoms with van der Waals surface area (Å²) >= 11 is 4.74. The number of fused-ring (bicyclic) bond motifs is 9. The van der Waals surface area contributed by atoms with Crippen LogP contribution in [0, 0.1) is 0 Å². The van der Waals surface area contributed by atoms with Gasteiger partial charge in [0.05, 0.1) is 35.7 Å². The standard InChI is InChI=1S/C33H36N4O4S3/c1-5-8-19-22(7-3)43-31-26(19)36-24(39)16-42-28-25-17(4)18(29(36)34-31)10-11-21(25)30-35-32-27(37(30)33(28)40)20(9-6-2)23(44-32)12-14-41-15-13-38/h10-11,24,38-39H,4-9,12-16H2,1-3H3. The lowest BCUT2D eigenvalue weighted by atomic mass is 10.0. The van der Waals surface area contributed by atoms with Gasteiger partial charge in [0, 0.05) is 38.3 Å². The highest BCUT2D eigenvalue weighted by Crippen LogP contribution is 2.41. The number of imidazole rings is 2. The molecule has 1 aromatic carbocycles. The molecule has 1 aliphatic heterocycles. The fourth-order valence-corrected chi connectivity index (χ4v) is 10.1. The number of nitrogens with zero attached hydrogens (tertiary/aromatic N) is 4. The van der Waals surface area contributed by atoms with Crippen molar-refractivity contribution >= 4 is 78.1 Å². The Morgan fingerprint density at radius 3 is 2.45 bits per heavy atom. The highest BCUT2D eigenvalue weighted by atomic mass is 32.2. The zero-order valence-electron chi connectivity index (χ0n) is 25.2. The van der Waals surface area contributed by atoms with Crippen LogP contribution in [0.25, 0.3) is 55.1 Å². The average molecular weight is 649 g/mol. The Hall–Kier alpha value is -2.80. The molecule has 0 amide bonds. The number of pyridine rings is 1. The molecule has 0 fully saturated rings. The van der Waals surface area contributed by atoms with Crippen molar-refractivity contribution in [3.05, 3.63) is 48.6 Å². The number of aryl methyl sites for hydroxylation is 3. The third-order valence-electron chi connectivity index (χ3n) is 8.53. The van der Waals surface area contributed by atoms with Crippen LogP contribution >= 0.6 is 34.4 Å². The fourth-order valence-electron chi connectivity index (χ4n) is 6.69. The Morgan fingerprint density at radius 1 is 1.00 bits per heavy atom. The topological polar surface area (TPSA) is 102 Å². The van der Waals surface area contributed by atoms with Gasteiger partial charge in [0.15, 0.2) is 0 Å². The number of aliphatic hydroxyl groups is 2. The predicted octanol–water partition coefficient (Wildman–Crippen LogP) is 5.89.